The van der Waals surface area contributed by atoms with Gasteiger partial charge in [-0.3, -0.25) is 4.79 Å². The fourth-order valence-corrected chi connectivity index (χ4v) is 5.25. The van der Waals surface area contributed by atoms with Gasteiger partial charge >= 0.3 is 0 Å². The van der Waals surface area contributed by atoms with Crippen LogP contribution in [0.15, 0.2) is 42.5 Å². The molecule has 0 spiro atoms. The third kappa shape index (κ3) is 6.62. The van der Waals surface area contributed by atoms with E-state index in [0.29, 0.717) is 23.9 Å². The van der Waals surface area contributed by atoms with Crippen LogP contribution in [0, 0.1) is 11.3 Å². The molecule has 7 heteroatoms. The number of nitrogens with zero attached hydrogens (tertiary/aromatic N) is 3. The second-order valence-electron chi connectivity index (χ2n) is 10.8. The number of benzene rings is 1. The van der Waals surface area contributed by atoms with Crippen LogP contribution in [-0.4, -0.2) is 54.6 Å². The number of pyridine rings is 1. The quantitative estimate of drug-likeness (QED) is 0.434. The first-order valence-corrected chi connectivity index (χ1v) is 13.5. The molecule has 1 aromatic carbocycles. The maximum atomic E-state index is 13.1. The number of hydrogen-bond acceptors (Lipinski definition) is 6. The standard InChI is InChI=1S/C31H39N5O2/c1-20(2)38-29-16-11-22-9-10-23(17-26(22)30(29)33-19-21(3)18-32)27-7-6-8-28(35-27)31(37)34-24-12-14-25(15-13-24)36(4)5/h6-8,11,16-17,20,24-25,33H,3,9-10,12-15,19H2,1-2,4-5H3,(H,34,37). The molecule has 1 aromatic heterocycles. The maximum Gasteiger partial charge on any atom is 0.270 e. The van der Waals surface area contributed by atoms with E-state index >= 15 is 0 Å². The van der Waals surface area contributed by atoms with E-state index < -0.39 is 0 Å². The van der Waals surface area contributed by atoms with Crippen LogP contribution in [0.5, 0.6) is 5.75 Å². The number of amides is 1. The molecule has 0 unspecified atom stereocenters. The first-order chi connectivity index (χ1) is 18.2. The molecule has 2 N–H and O–H groups in total. The van der Waals surface area contributed by atoms with Gasteiger partial charge in [0.05, 0.1) is 23.6 Å². The van der Waals surface area contributed by atoms with Crippen LogP contribution in [0.3, 0.4) is 0 Å². The van der Waals surface area contributed by atoms with Crippen molar-refractivity contribution in [3.05, 3.63) is 65.0 Å². The average molecular weight is 514 g/mol. The Morgan fingerprint density at radius 3 is 2.63 bits per heavy atom. The molecule has 1 saturated carbocycles. The Hall–Kier alpha value is -3.63. The number of nitriles is 1. The molecule has 1 heterocycles. The van der Waals surface area contributed by atoms with Gasteiger partial charge in [-0.15, -0.1) is 0 Å². The molecule has 1 fully saturated rings. The number of nitrogens with one attached hydrogen (secondary N) is 2. The zero-order chi connectivity index (χ0) is 27.2. The minimum atomic E-state index is -0.109. The van der Waals surface area contributed by atoms with Gasteiger partial charge in [0.15, 0.2) is 0 Å². The predicted molar refractivity (Wildman–Crippen MR) is 153 cm³/mol. The van der Waals surface area contributed by atoms with E-state index in [9.17, 15) is 10.1 Å². The summed E-state index contributed by atoms with van der Waals surface area (Å²) in [5, 5.41) is 15.8. The Morgan fingerprint density at radius 1 is 1.18 bits per heavy atom. The summed E-state index contributed by atoms with van der Waals surface area (Å²) in [5.41, 5.74) is 5.87. The lowest BCUT2D eigenvalue weighted by Gasteiger charge is -2.32. The number of allylic oxidation sites excluding steroid dienone is 1. The molecular formula is C31H39N5O2. The highest BCUT2D eigenvalue weighted by atomic mass is 16.5. The third-order valence-electron chi connectivity index (χ3n) is 7.35. The number of anilines is 1. The van der Waals surface area contributed by atoms with Crippen molar-refractivity contribution in [2.75, 3.05) is 26.0 Å². The topological polar surface area (TPSA) is 90.3 Å². The molecular weight excluding hydrogens is 474 g/mol. The fourth-order valence-electron chi connectivity index (χ4n) is 5.25. The summed E-state index contributed by atoms with van der Waals surface area (Å²) >= 11 is 0. The first-order valence-electron chi connectivity index (χ1n) is 13.5. The molecule has 2 aromatic rings. The minimum Gasteiger partial charge on any atom is -0.489 e. The van der Waals surface area contributed by atoms with Crippen LogP contribution in [0.1, 0.15) is 73.3 Å². The Kier molecular flexibility index (Phi) is 8.85. The van der Waals surface area contributed by atoms with Gasteiger partial charge in [-0.1, -0.05) is 18.7 Å². The zero-order valence-electron chi connectivity index (χ0n) is 23.0. The van der Waals surface area contributed by atoms with Crippen molar-refractivity contribution in [3.63, 3.8) is 0 Å². The molecule has 4 rings (SSSR count). The van der Waals surface area contributed by atoms with E-state index in [1.54, 1.807) is 6.07 Å². The van der Waals surface area contributed by atoms with E-state index in [-0.39, 0.29) is 18.1 Å². The Morgan fingerprint density at radius 2 is 1.95 bits per heavy atom. The molecule has 1 amide bonds. The van der Waals surface area contributed by atoms with Crippen molar-refractivity contribution >= 4 is 23.2 Å². The van der Waals surface area contributed by atoms with E-state index in [0.717, 1.165) is 66.8 Å². The molecule has 38 heavy (non-hydrogen) atoms. The van der Waals surface area contributed by atoms with Crippen LogP contribution < -0.4 is 15.4 Å². The predicted octanol–water partition coefficient (Wildman–Crippen LogP) is 5.45. The van der Waals surface area contributed by atoms with Crippen molar-refractivity contribution < 1.29 is 9.53 Å². The highest BCUT2D eigenvalue weighted by molar-refractivity contribution is 5.94. The smallest absolute Gasteiger partial charge is 0.270 e. The van der Waals surface area contributed by atoms with Gasteiger partial charge in [0.25, 0.3) is 5.91 Å². The molecule has 7 nitrogen and oxygen atoms in total. The van der Waals surface area contributed by atoms with Crippen molar-refractivity contribution in [1.82, 2.24) is 15.2 Å². The average Bonchev–Trinajstić information content (AvgIpc) is 2.92. The molecule has 2 aliphatic carbocycles. The summed E-state index contributed by atoms with van der Waals surface area (Å²) in [4.78, 5) is 20.1. The highest BCUT2D eigenvalue weighted by Crippen LogP contribution is 2.39. The fraction of sp³-hybridized carbons (Fsp3) is 0.452. The number of rotatable bonds is 9. The van der Waals surface area contributed by atoms with Gasteiger partial charge in [-0.2, -0.15) is 5.26 Å². The number of fused-ring (bicyclic) bond motifs is 1. The summed E-state index contributed by atoms with van der Waals surface area (Å²) < 4.78 is 6.09. The molecule has 200 valence electrons. The SMILES string of the molecule is C=C(C#N)CNc1c(OC(C)C)ccc2c1C=C(c1cccc(C(=O)NC3CCC(N(C)C)CC3)n1)CC2. The summed E-state index contributed by atoms with van der Waals surface area (Å²) in [6.45, 7) is 8.13. The lowest BCUT2D eigenvalue weighted by atomic mass is 9.89. The summed E-state index contributed by atoms with van der Waals surface area (Å²) in [7, 11) is 4.25. The number of aryl methyl sites for hydroxylation is 1. The first kappa shape index (κ1) is 27.4. The largest absolute Gasteiger partial charge is 0.489 e. The lowest BCUT2D eigenvalue weighted by molar-refractivity contribution is 0.0911. The van der Waals surface area contributed by atoms with Crippen LogP contribution in [-0.2, 0) is 6.42 Å². The van der Waals surface area contributed by atoms with Gasteiger partial charge < -0.3 is 20.3 Å². The van der Waals surface area contributed by atoms with Crippen LogP contribution in [0.4, 0.5) is 5.69 Å². The summed E-state index contributed by atoms with van der Waals surface area (Å²) in [6.07, 6.45) is 8.00. The second kappa shape index (κ2) is 12.3. The van der Waals surface area contributed by atoms with Crippen molar-refractivity contribution in [2.24, 2.45) is 0 Å². The van der Waals surface area contributed by atoms with E-state index in [4.69, 9.17) is 9.72 Å². The molecule has 0 aliphatic heterocycles. The maximum absolute atomic E-state index is 13.1. The van der Waals surface area contributed by atoms with Crippen LogP contribution >= 0.6 is 0 Å². The zero-order valence-corrected chi connectivity index (χ0v) is 23.0. The molecule has 0 radical (unpaired) electrons. The highest BCUT2D eigenvalue weighted by Gasteiger charge is 2.25. The monoisotopic (exact) mass is 513 g/mol. The molecule has 0 saturated heterocycles. The Labute approximate surface area is 226 Å². The second-order valence-corrected chi connectivity index (χ2v) is 10.8. The number of carbonyl (C=O) groups excluding carboxylic acids is 1. The van der Waals surface area contributed by atoms with Gasteiger partial charge in [0.2, 0.25) is 0 Å². The van der Waals surface area contributed by atoms with E-state index in [2.05, 4.69) is 54.4 Å². The third-order valence-corrected chi connectivity index (χ3v) is 7.35. The summed E-state index contributed by atoms with van der Waals surface area (Å²) in [5.74, 6) is 0.633. The summed E-state index contributed by atoms with van der Waals surface area (Å²) in [6, 6.07) is 12.6. The minimum absolute atomic E-state index is 0.00889. The van der Waals surface area contributed by atoms with Crippen molar-refractivity contribution in [3.8, 4) is 11.8 Å². The van der Waals surface area contributed by atoms with Gasteiger partial charge in [0, 0.05) is 29.8 Å². The van der Waals surface area contributed by atoms with Gasteiger partial charge in [0.1, 0.15) is 11.4 Å². The van der Waals surface area contributed by atoms with E-state index in [1.807, 2.05) is 32.0 Å². The van der Waals surface area contributed by atoms with Gasteiger partial charge in [-0.25, -0.2) is 4.98 Å². The number of carbonyl (C=O) groups is 1. The molecule has 0 bridgehead atoms. The molecule has 2 aliphatic rings. The van der Waals surface area contributed by atoms with Crippen LogP contribution in [0.25, 0.3) is 11.6 Å². The van der Waals surface area contributed by atoms with Crippen LogP contribution in [0.2, 0.25) is 0 Å². The number of aromatic nitrogens is 1. The molecule has 0 atom stereocenters. The normalized spacial score (nSPS) is 18.8. The van der Waals surface area contributed by atoms with Gasteiger partial charge in [-0.05, 0) is 102 Å². The van der Waals surface area contributed by atoms with E-state index in [1.165, 1.54) is 5.56 Å². The Bertz CT molecular complexity index is 1250. The van der Waals surface area contributed by atoms with Crippen molar-refractivity contribution in [2.45, 2.75) is 70.6 Å². The number of hydrogen-bond donors (Lipinski definition) is 2. The number of ether oxygens (including phenoxy) is 1. The Balaban J connectivity index is 1.56. The van der Waals surface area contributed by atoms with Crippen molar-refractivity contribution in [1.29, 1.82) is 5.26 Å². The lowest BCUT2D eigenvalue weighted by Crippen LogP contribution is -2.42.